The molecular formula is C16H21N5. The van der Waals surface area contributed by atoms with Crippen molar-refractivity contribution in [1.29, 1.82) is 0 Å². The van der Waals surface area contributed by atoms with E-state index in [1.54, 1.807) is 0 Å². The summed E-state index contributed by atoms with van der Waals surface area (Å²) in [6.07, 6.45) is 3.69. The van der Waals surface area contributed by atoms with E-state index >= 15 is 0 Å². The van der Waals surface area contributed by atoms with E-state index in [9.17, 15) is 0 Å². The first kappa shape index (κ1) is 13.8. The summed E-state index contributed by atoms with van der Waals surface area (Å²) in [4.78, 5) is 13.6. The van der Waals surface area contributed by atoms with E-state index in [1.807, 2.05) is 37.6 Å². The standard InChI is InChI=1S/C16H21N5/c1-17-16-14(5-4-8-19-16)13-20-9-11-21(12-10-20)15-6-2-3-7-18-15/h2-8H,9-13H2,1H3,(H,17,19). The number of anilines is 2. The van der Waals surface area contributed by atoms with Crippen LogP contribution in [0.3, 0.4) is 0 Å². The summed E-state index contributed by atoms with van der Waals surface area (Å²) < 4.78 is 0. The molecule has 1 fully saturated rings. The Morgan fingerprint density at radius 1 is 1.00 bits per heavy atom. The predicted octanol–water partition coefficient (Wildman–Crippen LogP) is 1.84. The molecule has 110 valence electrons. The van der Waals surface area contributed by atoms with Crippen LogP contribution >= 0.6 is 0 Å². The Bertz CT molecular complexity index is 564. The molecule has 5 nitrogen and oxygen atoms in total. The summed E-state index contributed by atoms with van der Waals surface area (Å²) >= 11 is 0. The molecule has 0 bridgehead atoms. The second-order valence-electron chi connectivity index (χ2n) is 5.21. The summed E-state index contributed by atoms with van der Waals surface area (Å²) in [5, 5.41) is 3.16. The normalized spacial score (nSPS) is 16.0. The molecule has 0 spiro atoms. The fourth-order valence-electron chi connectivity index (χ4n) is 2.71. The maximum absolute atomic E-state index is 4.43. The summed E-state index contributed by atoms with van der Waals surface area (Å²) in [6.45, 7) is 5.08. The first-order valence-electron chi connectivity index (χ1n) is 7.37. The third-order valence-corrected chi connectivity index (χ3v) is 3.87. The van der Waals surface area contributed by atoms with Crippen molar-refractivity contribution in [2.45, 2.75) is 6.54 Å². The van der Waals surface area contributed by atoms with Crippen LogP contribution in [-0.4, -0.2) is 48.1 Å². The van der Waals surface area contributed by atoms with Crippen molar-refractivity contribution in [2.75, 3.05) is 43.4 Å². The lowest BCUT2D eigenvalue weighted by Gasteiger charge is -2.35. The van der Waals surface area contributed by atoms with E-state index < -0.39 is 0 Å². The van der Waals surface area contributed by atoms with Gasteiger partial charge in [-0.2, -0.15) is 0 Å². The van der Waals surface area contributed by atoms with Crippen LogP contribution in [0.1, 0.15) is 5.56 Å². The van der Waals surface area contributed by atoms with Crippen molar-refractivity contribution >= 4 is 11.6 Å². The summed E-state index contributed by atoms with van der Waals surface area (Å²) in [5.41, 5.74) is 1.26. The molecule has 21 heavy (non-hydrogen) atoms. The highest BCUT2D eigenvalue weighted by molar-refractivity contribution is 5.43. The number of hydrogen-bond acceptors (Lipinski definition) is 5. The lowest BCUT2D eigenvalue weighted by molar-refractivity contribution is 0.249. The smallest absolute Gasteiger partial charge is 0.130 e. The average Bonchev–Trinajstić information content (AvgIpc) is 2.57. The van der Waals surface area contributed by atoms with Gasteiger partial charge in [0.15, 0.2) is 0 Å². The minimum atomic E-state index is 0.945. The highest BCUT2D eigenvalue weighted by Gasteiger charge is 2.18. The first-order chi connectivity index (χ1) is 10.4. The molecule has 2 aromatic heterocycles. The molecule has 5 heteroatoms. The lowest BCUT2D eigenvalue weighted by Crippen LogP contribution is -2.46. The number of hydrogen-bond donors (Lipinski definition) is 1. The molecule has 3 heterocycles. The maximum atomic E-state index is 4.43. The van der Waals surface area contributed by atoms with E-state index in [0.29, 0.717) is 0 Å². The molecular weight excluding hydrogens is 262 g/mol. The fraction of sp³-hybridized carbons (Fsp3) is 0.375. The number of piperazine rings is 1. The summed E-state index contributed by atoms with van der Waals surface area (Å²) in [5.74, 6) is 2.05. The van der Waals surface area contributed by atoms with Gasteiger partial charge in [-0.15, -0.1) is 0 Å². The van der Waals surface area contributed by atoms with E-state index in [1.165, 1.54) is 5.56 Å². The van der Waals surface area contributed by atoms with Gasteiger partial charge in [0.25, 0.3) is 0 Å². The molecule has 2 aromatic rings. The third kappa shape index (κ3) is 3.31. The zero-order chi connectivity index (χ0) is 14.5. The Morgan fingerprint density at radius 3 is 2.52 bits per heavy atom. The molecule has 1 aliphatic heterocycles. The van der Waals surface area contributed by atoms with E-state index in [4.69, 9.17) is 0 Å². The topological polar surface area (TPSA) is 44.3 Å². The van der Waals surface area contributed by atoms with Crippen molar-refractivity contribution < 1.29 is 0 Å². The van der Waals surface area contributed by atoms with Gasteiger partial charge in [0, 0.05) is 57.7 Å². The van der Waals surface area contributed by atoms with Crippen LogP contribution in [0.2, 0.25) is 0 Å². The van der Waals surface area contributed by atoms with Crippen molar-refractivity contribution in [3.05, 3.63) is 48.3 Å². The molecule has 3 rings (SSSR count). The van der Waals surface area contributed by atoms with Crippen LogP contribution in [0.15, 0.2) is 42.7 Å². The Labute approximate surface area is 125 Å². The van der Waals surface area contributed by atoms with Crippen LogP contribution in [0.4, 0.5) is 11.6 Å². The largest absolute Gasteiger partial charge is 0.373 e. The second-order valence-corrected chi connectivity index (χ2v) is 5.21. The molecule has 0 aliphatic carbocycles. The Balaban J connectivity index is 1.59. The average molecular weight is 283 g/mol. The van der Waals surface area contributed by atoms with Crippen LogP contribution in [0, 0.1) is 0 Å². The molecule has 0 radical (unpaired) electrons. The SMILES string of the molecule is CNc1ncccc1CN1CCN(c2ccccn2)CC1. The zero-order valence-electron chi connectivity index (χ0n) is 12.4. The molecule has 0 amide bonds. The van der Waals surface area contributed by atoms with Crippen molar-refractivity contribution in [2.24, 2.45) is 0 Å². The molecule has 0 atom stereocenters. The second kappa shape index (κ2) is 6.54. The van der Waals surface area contributed by atoms with E-state index in [0.717, 1.165) is 44.4 Å². The summed E-state index contributed by atoms with van der Waals surface area (Å²) in [6, 6.07) is 10.2. The highest BCUT2D eigenvalue weighted by atomic mass is 15.3. The lowest BCUT2D eigenvalue weighted by atomic mass is 10.2. The van der Waals surface area contributed by atoms with Gasteiger partial charge in [0.05, 0.1) is 0 Å². The Morgan fingerprint density at radius 2 is 1.81 bits per heavy atom. The maximum Gasteiger partial charge on any atom is 0.130 e. The quantitative estimate of drug-likeness (QED) is 0.927. The number of aromatic nitrogens is 2. The Kier molecular flexibility index (Phi) is 4.31. The van der Waals surface area contributed by atoms with Gasteiger partial charge in [0.2, 0.25) is 0 Å². The first-order valence-corrected chi connectivity index (χ1v) is 7.37. The highest BCUT2D eigenvalue weighted by Crippen LogP contribution is 2.17. The van der Waals surface area contributed by atoms with E-state index in [2.05, 4.69) is 37.2 Å². The molecule has 1 aliphatic rings. The van der Waals surface area contributed by atoms with Gasteiger partial charge in [-0.1, -0.05) is 12.1 Å². The van der Waals surface area contributed by atoms with Crippen molar-refractivity contribution in [1.82, 2.24) is 14.9 Å². The molecule has 0 unspecified atom stereocenters. The number of nitrogens with one attached hydrogen (secondary N) is 1. The van der Waals surface area contributed by atoms with Crippen LogP contribution in [-0.2, 0) is 6.54 Å². The Hall–Kier alpha value is -2.14. The monoisotopic (exact) mass is 283 g/mol. The van der Waals surface area contributed by atoms with Crippen molar-refractivity contribution in [3.63, 3.8) is 0 Å². The molecule has 1 N–H and O–H groups in total. The third-order valence-electron chi connectivity index (χ3n) is 3.87. The number of rotatable bonds is 4. The van der Waals surface area contributed by atoms with Crippen LogP contribution in [0.5, 0.6) is 0 Å². The van der Waals surface area contributed by atoms with Gasteiger partial charge in [-0.3, -0.25) is 4.90 Å². The van der Waals surface area contributed by atoms with E-state index in [-0.39, 0.29) is 0 Å². The van der Waals surface area contributed by atoms with Crippen molar-refractivity contribution in [3.8, 4) is 0 Å². The van der Waals surface area contributed by atoms with Gasteiger partial charge >= 0.3 is 0 Å². The van der Waals surface area contributed by atoms with Gasteiger partial charge in [-0.05, 0) is 18.2 Å². The summed E-state index contributed by atoms with van der Waals surface area (Å²) in [7, 11) is 1.92. The predicted molar refractivity (Wildman–Crippen MR) is 85.5 cm³/mol. The molecule has 1 saturated heterocycles. The molecule has 0 aromatic carbocycles. The van der Waals surface area contributed by atoms with Crippen LogP contribution in [0.25, 0.3) is 0 Å². The number of pyridine rings is 2. The molecule has 0 saturated carbocycles. The minimum Gasteiger partial charge on any atom is -0.373 e. The van der Waals surface area contributed by atoms with Crippen LogP contribution < -0.4 is 10.2 Å². The zero-order valence-corrected chi connectivity index (χ0v) is 12.4. The van der Waals surface area contributed by atoms with Gasteiger partial charge < -0.3 is 10.2 Å². The minimum absolute atomic E-state index is 0.945. The van der Waals surface area contributed by atoms with Gasteiger partial charge in [-0.25, -0.2) is 9.97 Å². The fourth-order valence-corrected chi connectivity index (χ4v) is 2.71. The van der Waals surface area contributed by atoms with Gasteiger partial charge in [0.1, 0.15) is 11.6 Å². The number of nitrogens with zero attached hydrogens (tertiary/aromatic N) is 4.